The van der Waals surface area contributed by atoms with Crippen LogP contribution in [0.3, 0.4) is 0 Å². The Morgan fingerprint density at radius 3 is 1.23 bits per heavy atom. The van der Waals surface area contributed by atoms with E-state index in [0.717, 1.165) is 56.9 Å². The first-order chi connectivity index (χ1) is 23.2. The van der Waals surface area contributed by atoms with Crippen LogP contribution >= 0.6 is 55.1 Å². The Kier molecular flexibility index (Phi) is 11.1. The number of carbonyl (C=O) groups excluding carboxylic acids is 2. The van der Waals surface area contributed by atoms with Crippen molar-refractivity contribution < 1.29 is 9.59 Å². The first-order valence-electron chi connectivity index (χ1n) is 15.5. The van der Waals surface area contributed by atoms with Crippen molar-refractivity contribution in [3.05, 3.63) is 150 Å². The second kappa shape index (κ2) is 15.6. The number of amides is 2. The third kappa shape index (κ3) is 8.24. The molecule has 0 saturated heterocycles. The van der Waals surface area contributed by atoms with Crippen LogP contribution < -0.4 is 0 Å². The van der Waals surface area contributed by atoms with E-state index in [0.29, 0.717) is 46.2 Å². The van der Waals surface area contributed by atoms with Crippen LogP contribution in [0.4, 0.5) is 0 Å². The monoisotopic (exact) mass is 802 g/mol. The molecular formula is C38H30Br2Cl2N4O2. The van der Waals surface area contributed by atoms with Crippen molar-refractivity contribution >= 4 is 90.7 Å². The number of benzene rings is 4. The molecule has 48 heavy (non-hydrogen) atoms. The summed E-state index contributed by atoms with van der Waals surface area (Å²) in [5, 5.41) is 1.27. The van der Waals surface area contributed by atoms with Gasteiger partial charge in [-0.1, -0.05) is 116 Å². The maximum atomic E-state index is 13.6. The molecule has 0 saturated carbocycles. The molecule has 2 aliphatic heterocycles. The smallest absolute Gasteiger partial charge is 0.278 e. The average molecular weight is 805 g/mol. The largest absolute Gasteiger partial charge is 0.291 e. The van der Waals surface area contributed by atoms with Crippen LogP contribution in [0.2, 0.25) is 10.0 Å². The van der Waals surface area contributed by atoms with E-state index in [2.05, 4.69) is 31.9 Å². The zero-order valence-electron chi connectivity index (χ0n) is 25.8. The SMILES string of the molecule is O=C1/C(=C/c2ccc(Cl)cc2)N=C(c2ccc(Br)cc2)N1CCCCCCN1C(=O)/C(=C\c2ccc(Cl)cc2)N=C1c1ccc(Br)cc1. The lowest BCUT2D eigenvalue weighted by atomic mass is 10.1. The maximum absolute atomic E-state index is 13.6. The van der Waals surface area contributed by atoms with Crippen LogP contribution in [0.5, 0.6) is 0 Å². The Bertz CT molecular complexity index is 1790. The topological polar surface area (TPSA) is 65.3 Å². The van der Waals surface area contributed by atoms with Crippen molar-refractivity contribution in [2.24, 2.45) is 9.98 Å². The number of hydrogen-bond donors (Lipinski definition) is 0. The molecule has 0 unspecified atom stereocenters. The standard InChI is InChI=1S/C38H30Br2Cl2N4O2/c39-29-13-9-27(10-14-29)35-43-33(23-25-5-17-31(41)18-6-25)37(47)45(35)21-3-1-2-4-22-46-36(28-11-15-30(40)16-12-28)44-34(38(46)48)24-26-7-19-32(42)20-8-26/h5-20,23-24H,1-4,21-22H2/b33-23-,34-24+. The highest BCUT2D eigenvalue weighted by Gasteiger charge is 2.32. The van der Waals surface area contributed by atoms with E-state index in [9.17, 15) is 9.59 Å². The van der Waals surface area contributed by atoms with Gasteiger partial charge >= 0.3 is 0 Å². The van der Waals surface area contributed by atoms with Gasteiger partial charge in [-0.25, -0.2) is 9.98 Å². The molecule has 2 heterocycles. The quantitative estimate of drug-likeness (QED) is 0.112. The molecule has 4 aromatic rings. The number of hydrogen-bond acceptors (Lipinski definition) is 4. The van der Waals surface area contributed by atoms with Gasteiger partial charge in [0.15, 0.2) is 0 Å². The van der Waals surface area contributed by atoms with E-state index in [1.807, 2.05) is 72.8 Å². The number of unbranched alkanes of at least 4 members (excludes halogenated alkanes) is 3. The minimum Gasteiger partial charge on any atom is -0.291 e. The molecule has 6 rings (SSSR count). The van der Waals surface area contributed by atoms with Crippen LogP contribution in [-0.2, 0) is 9.59 Å². The highest BCUT2D eigenvalue weighted by atomic mass is 79.9. The van der Waals surface area contributed by atoms with Gasteiger partial charge in [0.25, 0.3) is 11.8 Å². The van der Waals surface area contributed by atoms with Gasteiger partial charge in [-0.3, -0.25) is 19.4 Å². The molecule has 0 atom stereocenters. The first-order valence-corrected chi connectivity index (χ1v) is 17.9. The predicted octanol–water partition coefficient (Wildman–Crippen LogP) is 10.0. The van der Waals surface area contributed by atoms with Crippen molar-refractivity contribution in [3.63, 3.8) is 0 Å². The second-order valence-electron chi connectivity index (χ2n) is 11.4. The Morgan fingerprint density at radius 2 is 0.875 bits per heavy atom. The summed E-state index contributed by atoms with van der Waals surface area (Å²) < 4.78 is 1.91. The van der Waals surface area contributed by atoms with Crippen molar-refractivity contribution in [1.29, 1.82) is 0 Å². The van der Waals surface area contributed by atoms with Crippen LogP contribution in [0.15, 0.2) is 127 Å². The van der Waals surface area contributed by atoms with Crippen molar-refractivity contribution in [3.8, 4) is 0 Å². The third-order valence-corrected chi connectivity index (χ3v) is 9.52. The molecule has 0 bridgehead atoms. The van der Waals surface area contributed by atoms with Gasteiger partial charge in [-0.05, 0) is 84.7 Å². The van der Waals surface area contributed by atoms with Gasteiger partial charge < -0.3 is 0 Å². The van der Waals surface area contributed by atoms with Gasteiger partial charge in [0, 0.05) is 43.2 Å². The summed E-state index contributed by atoms with van der Waals surface area (Å²) in [5.74, 6) is 1.04. The summed E-state index contributed by atoms with van der Waals surface area (Å²) in [6.45, 7) is 1.07. The van der Waals surface area contributed by atoms with E-state index < -0.39 is 0 Å². The minimum absolute atomic E-state index is 0.124. The lowest BCUT2D eigenvalue weighted by Crippen LogP contribution is -2.34. The molecule has 0 N–H and O–H groups in total. The Morgan fingerprint density at radius 1 is 0.521 bits per heavy atom. The van der Waals surface area contributed by atoms with E-state index in [1.54, 1.807) is 46.2 Å². The maximum Gasteiger partial charge on any atom is 0.278 e. The van der Waals surface area contributed by atoms with Crippen molar-refractivity contribution in [2.75, 3.05) is 13.1 Å². The molecule has 0 radical (unpaired) electrons. The van der Waals surface area contributed by atoms with Gasteiger partial charge in [0.2, 0.25) is 0 Å². The molecule has 0 aromatic heterocycles. The number of halogens is 4. The number of carbonyl (C=O) groups is 2. The Balaban J connectivity index is 1.10. The minimum atomic E-state index is -0.124. The lowest BCUT2D eigenvalue weighted by Gasteiger charge is -2.20. The second-order valence-corrected chi connectivity index (χ2v) is 14.1. The Hall–Kier alpha value is -3.82. The summed E-state index contributed by atoms with van der Waals surface area (Å²) in [6, 6.07) is 30.3. The summed E-state index contributed by atoms with van der Waals surface area (Å²) in [4.78, 5) is 40.2. The van der Waals surface area contributed by atoms with Crippen LogP contribution in [0.25, 0.3) is 12.2 Å². The van der Waals surface area contributed by atoms with Gasteiger partial charge in [-0.15, -0.1) is 0 Å². The highest BCUT2D eigenvalue weighted by molar-refractivity contribution is 9.10. The van der Waals surface area contributed by atoms with Gasteiger partial charge in [-0.2, -0.15) is 0 Å². The highest BCUT2D eigenvalue weighted by Crippen LogP contribution is 2.26. The van der Waals surface area contributed by atoms with E-state index in [1.165, 1.54) is 0 Å². The third-order valence-electron chi connectivity index (χ3n) is 7.96. The molecule has 242 valence electrons. The molecule has 2 aliphatic rings. The molecule has 10 heteroatoms. The average Bonchev–Trinajstić information content (AvgIpc) is 3.56. The molecule has 0 spiro atoms. The van der Waals surface area contributed by atoms with Crippen LogP contribution in [0, 0.1) is 0 Å². The Labute approximate surface area is 306 Å². The summed E-state index contributed by atoms with van der Waals surface area (Å²) in [5.41, 5.74) is 4.26. The fraction of sp³-hybridized carbons (Fsp3) is 0.158. The molecule has 0 fully saturated rings. The first kappa shape index (κ1) is 34.1. The van der Waals surface area contributed by atoms with Gasteiger partial charge in [0.05, 0.1) is 0 Å². The summed E-state index contributed by atoms with van der Waals surface area (Å²) in [6.07, 6.45) is 6.94. The van der Waals surface area contributed by atoms with Crippen LogP contribution in [0.1, 0.15) is 47.9 Å². The molecule has 4 aromatic carbocycles. The summed E-state index contributed by atoms with van der Waals surface area (Å²) in [7, 11) is 0. The zero-order valence-corrected chi connectivity index (χ0v) is 30.4. The molecule has 0 aliphatic carbocycles. The zero-order chi connectivity index (χ0) is 33.6. The van der Waals surface area contributed by atoms with Crippen molar-refractivity contribution in [1.82, 2.24) is 9.80 Å². The molecular weight excluding hydrogens is 775 g/mol. The van der Waals surface area contributed by atoms with Crippen molar-refractivity contribution in [2.45, 2.75) is 25.7 Å². The predicted molar refractivity (Wildman–Crippen MR) is 202 cm³/mol. The normalized spacial score (nSPS) is 16.3. The van der Waals surface area contributed by atoms with Gasteiger partial charge in [0.1, 0.15) is 23.1 Å². The molecule has 6 nitrogen and oxygen atoms in total. The molecule has 2 amide bonds. The number of amidine groups is 2. The van der Waals surface area contributed by atoms with E-state index in [4.69, 9.17) is 33.2 Å². The number of aliphatic imine (C=N–C) groups is 2. The summed E-state index contributed by atoms with van der Waals surface area (Å²) >= 11 is 19.1. The van der Waals surface area contributed by atoms with Crippen LogP contribution in [-0.4, -0.2) is 46.4 Å². The number of nitrogens with zero attached hydrogens (tertiary/aromatic N) is 4. The fourth-order valence-corrected chi connectivity index (χ4v) is 6.26. The lowest BCUT2D eigenvalue weighted by molar-refractivity contribution is -0.123. The van der Waals surface area contributed by atoms with E-state index >= 15 is 0 Å². The van der Waals surface area contributed by atoms with E-state index in [-0.39, 0.29) is 11.8 Å². The fourth-order valence-electron chi connectivity index (χ4n) is 5.48. The number of rotatable bonds is 11.